The number of hydrogen-bond acceptors (Lipinski definition) is 4. The number of hydrogen-bond donors (Lipinski definition) is 2. The van der Waals surface area contributed by atoms with Gasteiger partial charge in [-0.15, -0.1) is 11.3 Å². The number of rotatable bonds is 8. The first-order valence-electron chi connectivity index (χ1n) is 6.51. The molecule has 0 aromatic carbocycles. The third-order valence-corrected chi connectivity index (χ3v) is 3.66. The lowest BCUT2D eigenvalue weighted by molar-refractivity contribution is -0.121. The molecule has 102 valence electrons. The molecule has 1 rings (SSSR count). The number of thiazole rings is 1. The fraction of sp³-hybridized carbons (Fsp3) is 0.692. The number of carbonyl (C=O) groups excluding carboxylic acids is 1. The molecule has 1 aromatic heterocycles. The summed E-state index contributed by atoms with van der Waals surface area (Å²) < 4.78 is 0. The lowest BCUT2D eigenvalue weighted by Crippen LogP contribution is -2.26. The third kappa shape index (κ3) is 6.71. The van der Waals surface area contributed by atoms with E-state index < -0.39 is 0 Å². The summed E-state index contributed by atoms with van der Waals surface area (Å²) in [5.41, 5.74) is 6.69. The van der Waals surface area contributed by atoms with Crippen LogP contribution in [0.15, 0.2) is 5.38 Å². The maximum absolute atomic E-state index is 11.4. The molecule has 1 atom stereocenters. The van der Waals surface area contributed by atoms with E-state index in [-0.39, 0.29) is 11.9 Å². The number of unbranched alkanes of at least 4 members (excludes halogenated alkanes) is 1. The van der Waals surface area contributed by atoms with Crippen molar-refractivity contribution in [3.05, 3.63) is 16.1 Å². The minimum Gasteiger partial charge on any atom is -0.356 e. The molecule has 0 fully saturated rings. The zero-order valence-corrected chi connectivity index (χ0v) is 12.1. The second kappa shape index (κ2) is 8.21. The van der Waals surface area contributed by atoms with Crippen molar-refractivity contribution in [2.75, 3.05) is 6.54 Å². The van der Waals surface area contributed by atoms with Gasteiger partial charge in [-0.1, -0.05) is 0 Å². The number of aryl methyl sites for hydroxylation is 2. The Hall–Kier alpha value is -0.940. The Morgan fingerprint density at radius 1 is 1.56 bits per heavy atom. The lowest BCUT2D eigenvalue weighted by Gasteiger charge is -2.06. The molecule has 18 heavy (non-hydrogen) atoms. The molecule has 0 aliphatic rings. The second-order valence-corrected chi connectivity index (χ2v) is 5.65. The number of nitrogens with one attached hydrogen (secondary N) is 1. The molecule has 5 heteroatoms. The van der Waals surface area contributed by atoms with Gasteiger partial charge < -0.3 is 11.1 Å². The smallest absolute Gasteiger partial charge is 0.220 e. The second-order valence-electron chi connectivity index (χ2n) is 4.71. The molecule has 1 aromatic rings. The summed E-state index contributed by atoms with van der Waals surface area (Å²) in [4.78, 5) is 15.8. The van der Waals surface area contributed by atoms with Crippen LogP contribution < -0.4 is 11.1 Å². The molecule has 4 nitrogen and oxygen atoms in total. The van der Waals surface area contributed by atoms with Crippen LogP contribution in [-0.4, -0.2) is 23.5 Å². The van der Waals surface area contributed by atoms with Gasteiger partial charge in [-0.05, 0) is 39.5 Å². The van der Waals surface area contributed by atoms with Crippen LogP contribution in [0, 0.1) is 6.92 Å². The molecule has 0 bridgehead atoms. The molecule has 0 aliphatic carbocycles. The van der Waals surface area contributed by atoms with Crippen molar-refractivity contribution in [3.8, 4) is 0 Å². The van der Waals surface area contributed by atoms with Crippen LogP contribution in [-0.2, 0) is 11.2 Å². The van der Waals surface area contributed by atoms with Crippen LogP contribution >= 0.6 is 11.3 Å². The Balaban J connectivity index is 2.00. The van der Waals surface area contributed by atoms with Crippen molar-refractivity contribution in [1.29, 1.82) is 0 Å². The van der Waals surface area contributed by atoms with Gasteiger partial charge in [0.1, 0.15) is 0 Å². The van der Waals surface area contributed by atoms with E-state index in [0.717, 1.165) is 37.9 Å². The van der Waals surface area contributed by atoms with E-state index in [9.17, 15) is 4.79 Å². The summed E-state index contributed by atoms with van der Waals surface area (Å²) in [7, 11) is 0. The minimum atomic E-state index is 0.101. The van der Waals surface area contributed by atoms with E-state index in [1.165, 1.54) is 5.01 Å². The molecule has 0 radical (unpaired) electrons. The van der Waals surface area contributed by atoms with Crippen LogP contribution in [0.1, 0.15) is 43.3 Å². The van der Waals surface area contributed by atoms with Crippen molar-refractivity contribution < 1.29 is 4.79 Å². The first-order chi connectivity index (χ1) is 8.58. The summed E-state index contributed by atoms with van der Waals surface area (Å²) in [5, 5.41) is 6.18. The van der Waals surface area contributed by atoms with Crippen molar-refractivity contribution >= 4 is 17.2 Å². The molecule has 0 spiro atoms. The van der Waals surface area contributed by atoms with Gasteiger partial charge in [-0.25, -0.2) is 4.98 Å². The van der Waals surface area contributed by atoms with E-state index >= 15 is 0 Å². The molecule has 0 aliphatic heterocycles. The average molecular weight is 269 g/mol. The van der Waals surface area contributed by atoms with Gasteiger partial charge in [0, 0.05) is 30.1 Å². The van der Waals surface area contributed by atoms with Crippen molar-refractivity contribution in [2.45, 2.75) is 52.0 Å². The quantitative estimate of drug-likeness (QED) is 0.709. The van der Waals surface area contributed by atoms with E-state index in [2.05, 4.69) is 15.7 Å². The number of amides is 1. The van der Waals surface area contributed by atoms with Crippen LogP contribution in [0.5, 0.6) is 0 Å². The average Bonchev–Trinajstić information content (AvgIpc) is 2.72. The third-order valence-electron chi connectivity index (χ3n) is 2.63. The SMILES string of the molecule is Cc1csc(CCCCNC(=O)CCC(C)N)n1. The minimum absolute atomic E-state index is 0.101. The monoisotopic (exact) mass is 269 g/mol. The Bertz CT molecular complexity index is 363. The van der Waals surface area contributed by atoms with Crippen LogP contribution in [0.4, 0.5) is 0 Å². The van der Waals surface area contributed by atoms with Gasteiger partial charge in [-0.2, -0.15) is 0 Å². The zero-order chi connectivity index (χ0) is 13.4. The fourth-order valence-corrected chi connectivity index (χ4v) is 2.41. The predicted octanol–water partition coefficient (Wildman–Crippen LogP) is 2.02. The van der Waals surface area contributed by atoms with E-state index in [4.69, 9.17) is 5.73 Å². The van der Waals surface area contributed by atoms with Crippen molar-refractivity contribution in [1.82, 2.24) is 10.3 Å². The lowest BCUT2D eigenvalue weighted by atomic mass is 10.2. The molecular weight excluding hydrogens is 246 g/mol. The topological polar surface area (TPSA) is 68.0 Å². The summed E-state index contributed by atoms with van der Waals surface area (Å²) in [6.45, 7) is 4.68. The molecule has 0 saturated heterocycles. The fourth-order valence-electron chi connectivity index (χ4n) is 1.59. The maximum Gasteiger partial charge on any atom is 0.220 e. The van der Waals surface area contributed by atoms with Crippen molar-refractivity contribution in [2.24, 2.45) is 5.73 Å². The van der Waals surface area contributed by atoms with Gasteiger partial charge in [-0.3, -0.25) is 4.79 Å². The molecule has 0 saturated carbocycles. The highest BCUT2D eigenvalue weighted by Crippen LogP contribution is 2.11. The number of carbonyl (C=O) groups is 1. The first-order valence-corrected chi connectivity index (χ1v) is 7.39. The van der Waals surface area contributed by atoms with Gasteiger partial charge >= 0.3 is 0 Å². The number of nitrogens with zero attached hydrogens (tertiary/aromatic N) is 1. The Morgan fingerprint density at radius 2 is 2.33 bits per heavy atom. The van der Waals surface area contributed by atoms with Gasteiger partial charge in [0.05, 0.1) is 5.01 Å². The highest BCUT2D eigenvalue weighted by atomic mass is 32.1. The standard InChI is InChI=1S/C13H23N3OS/c1-10(14)6-7-12(17)15-8-4-3-5-13-16-11(2)9-18-13/h9-10H,3-8,14H2,1-2H3,(H,15,17). The Kier molecular flexibility index (Phi) is 6.90. The highest BCUT2D eigenvalue weighted by molar-refractivity contribution is 7.09. The van der Waals surface area contributed by atoms with E-state index in [1.54, 1.807) is 11.3 Å². The maximum atomic E-state index is 11.4. The highest BCUT2D eigenvalue weighted by Gasteiger charge is 2.03. The number of nitrogens with two attached hydrogens (primary N) is 1. The summed E-state index contributed by atoms with van der Waals surface area (Å²) in [6.07, 6.45) is 4.37. The zero-order valence-electron chi connectivity index (χ0n) is 11.2. The summed E-state index contributed by atoms with van der Waals surface area (Å²) in [6, 6.07) is 0.101. The Labute approximate surface area is 113 Å². The number of aromatic nitrogens is 1. The summed E-state index contributed by atoms with van der Waals surface area (Å²) >= 11 is 1.71. The van der Waals surface area contributed by atoms with E-state index in [0.29, 0.717) is 6.42 Å². The predicted molar refractivity (Wildman–Crippen MR) is 75.7 cm³/mol. The molecular formula is C13H23N3OS. The van der Waals surface area contributed by atoms with Crippen LogP contribution in [0.25, 0.3) is 0 Å². The first kappa shape index (κ1) is 15.1. The summed E-state index contributed by atoms with van der Waals surface area (Å²) in [5.74, 6) is 0.109. The molecule has 1 amide bonds. The van der Waals surface area contributed by atoms with Gasteiger partial charge in [0.15, 0.2) is 0 Å². The van der Waals surface area contributed by atoms with Gasteiger partial charge in [0.25, 0.3) is 0 Å². The van der Waals surface area contributed by atoms with Crippen LogP contribution in [0.3, 0.4) is 0 Å². The van der Waals surface area contributed by atoms with Crippen molar-refractivity contribution in [3.63, 3.8) is 0 Å². The molecule has 1 unspecified atom stereocenters. The van der Waals surface area contributed by atoms with Crippen LogP contribution in [0.2, 0.25) is 0 Å². The molecule has 3 N–H and O–H groups in total. The van der Waals surface area contributed by atoms with E-state index in [1.807, 2.05) is 13.8 Å². The normalized spacial score (nSPS) is 12.4. The largest absolute Gasteiger partial charge is 0.356 e. The van der Waals surface area contributed by atoms with Gasteiger partial charge in [0.2, 0.25) is 5.91 Å². The molecule has 1 heterocycles. The Morgan fingerprint density at radius 3 is 2.94 bits per heavy atom.